The first-order valence-corrected chi connectivity index (χ1v) is 7.39. The summed E-state index contributed by atoms with van der Waals surface area (Å²) in [6, 6.07) is 12.0. The van der Waals surface area contributed by atoms with Crippen LogP contribution >= 0.6 is 34.2 Å². The molecule has 0 radical (unpaired) electrons. The highest BCUT2D eigenvalue weighted by atomic mass is 127. The monoisotopic (exact) mass is 396 g/mol. The van der Waals surface area contributed by atoms with E-state index < -0.39 is 0 Å². The van der Waals surface area contributed by atoms with Gasteiger partial charge in [-0.3, -0.25) is 0 Å². The normalized spacial score (nSPS) is 10.8. The van der Waals surface area contributed by atoms with Crippen LogP contribution in [0.2, 0.25) is 5.15 Å². The highest BCUT2D eigenvalue weighted by Crippen LogP contribution is 2.26. The fraction of sp³-hybridized carbons (Fsp3) is 0.0667. The lowest BCUT2D eigenvalue weighted by molar-refractivity contribution is 0.415. The number of halogens is 2. The number of hydrogen-bond donors (Lipinski definition) is 0. The third-order valence-corrected chi connectivity index (χ3v) is 4.40. The van der Waals surface area contributed by atoms with Crippen molar-refractivity contribution in [2.24, 2.45) is 0 Å². The zero-order chi connectivity index (χ0) is 14.1. The smallest absolute Gasteiger partial charge is 0.160 e. The second-order valence-corrected chi connectivity index (χ2v) is 5.78. The van der Waals surface area contributed by atoms with Crippen LogP contribution in [-0.2, 0) is 0 Å². The summed E-state index contributed by atoms with van der Waals surface area (Å²) in [5.41, 5.74) is 0.945. The molecule has 3 nitrogen and oxygen atoms in total. The van der Waals surface area contributed by atoms with E-state index in [-0.39, 0.29) is 0 Å². The van der Waals surface area contributed by atoms with E-state index in [9.17, 15) is 0 Å². The van der Waals surface area contributed by atoms with Gasteiger partial charge in [-0.15, -0.1) is 0 Å². The Hall–Kier alpha value is -1.40. The molecular weight excluding hydrogens is 387 g/mol. The Morgan fingerprint density at radius 2 is 1.85 bits per heavy atom. The fourth-order valence-corrected chi connectivity index (χ4v) is 2.36. The predicted molar refractivity (Wildman–Crippen MR) is 89.3 cm³/mol. The minimum atomic E-state index is 0.477. The third kappa shape index (κ3) is 2.58. The van der Waals surface area contributed by atoms with Crippen LogP contribution in [0.4, 0.5) is 0 Å². The summed E-state index contributed by atoms with van der Waals surface area (Å²) in [7, 11) is 1.66. The van der Waals surface area contributed by atoms with Crippen molar-refractivity contribution in [1.29, 1.82) is 0 Å². The summed E-state index contributed by atoms with van der Waals surface area (Å²) in [6.07, 6.45) is 1.73. The van der Waals surface area contributed by atoms with Crippen molar-refractivity contribution in [3.05, 3.63) is 51.3 Å². The molecule has 0 unspecified atom stereocenters. The number of aromatic nitrogens is 2. The van der Waals surface area contributed by atoms with Gasteiger partial charge in [-0.05, 0) is 51.6 Å². The SMILES string of the molecule is COc1ccc2cc(-c3ncc(I)c(Cl)n3)ccc2c1. The molecule has 0 aliphatic heterocycles. The quantitative estimate of drug-likeness (QED) is 0.470. The molecule has 0 spiro atoms. The number of hydrogen-bond acceptors (Lipinski definition) is 3. The van der Waals surface area contributed by atoms with Crippen molar-refractivity contribution in [1.82, 2.24) is 9.97 Å². The van der Waals surface area contributed by atoms with Gasteiger partial charge in [-0.1, -0.05) is 29.8 Å². The zero-order valence-corrected chi connectivity index (χ0v) is 13.5. The lowest BCUT2D eigenvalue weighted by Crippen LogP contribution is -1.91. The fourth-order valence-electron chi connectivity index (χ4n) is 1.98. The van der Waals surface area contributed by atoms with E-state index in [0.29, 0.717) is 11.0 Å². The Morgan fingerprint density at radius 1 is 1.10 bits per heavy atom. The van der Waals surface area contributed by atoms with Gasteiger partial charge in [-0.25, -0.2) is 9.97 Å². The molecule has 3 rings (SSSR count). The molecule has 1 aromatic heterocycles. The molecule has 0 saturated heterocycles. The van der Waals surface area contributed by atoms with Gasteiger partial charge in [-0.2, -0.15) is 0 Å². The van der Waals surface area contributed by atoms with E-state index in [2.05, 4.69) is 32.6 Å². The molecule has 0 amide bonds. The molecule has 0 aliphatic carbocycles. The summed E-state index contributed by atoms with van der Waals surface area (Å²) in [4.78, 5) is 8.63. The standard InChI is InChI=1S/C15H10ClIN2O/c1-20-12-5-4-9-6-11(3-2-10(9)7-12)15-18-8-13(17)14(16)19-15/h2-8H,1H3. The molecule has 0 N–H and O–H groups in total. The zero-order valence-electron chi connectivity index (χ0n) is 10.6. The lowest BCUT2D eigenvalue weighted by atomic mass is 10.1. The van der Waals surface area contributed by atoms with E-state index in [1.165, 1.54) is 0 Å². The van der Waals surface area contributed by atoms with Crippen LogP contribution in [0.1, 0.15) is 0 Å². The van der Waals surface area contributed by atoms with E-state index >= 15 is 0 Å². The maximum Gasteiger partial charge on any atom is 0.160 e. The lowest BCUT2D eigenvalue weighted by Gasteiger charge is -2.05. The Kier molecular flexibility index (Phi) is 3.76. The van der Waals surface area contributed by atoms with Gasteiger partial charge >= 0.3 is 0 Å². The van der Waals surface area contributed by atoms with Crippen LogP contribution in [0, 0.1) is 3.57 Å². The van der Waals surface area contributed by atoms with Crippen molar-refractivity contribution in [3.8, 4) is 17.1 Å². The first-order chi connectivity index (χ1) is 9.67. The second-order valence-electron chi connectivity index (χ2n) is 4.26. The topological polar surface area (TPSA) is 35.0 Å². The van der Waals surface area contributed by atoms with Crippen LogP contribution in [0.15, 0.2) is 42.6 Å². The highest BCUT2D eigenvalue weighted by Gasteiger charge is 2.06. The van der Waals surface area contributed by atoms with Crippen LogP contribution in [0.3, 0.4) is 0 Å². The van der Waals surface area contributed by atoms with Crippen molar-refractivity contribution in [2.75, 3.05) is 7.11 Å². The van der Waals surface area contributed by atoms with E-state index in [4.69, 9.17) is 16.3 Å². The van der Waals surface area contributed by atoms with Gasteiger partial charge in [0.1, 0.15) is 10.9 Å². The molecule has 1 heterocycles. The Bertz CT molecular complexity index is 792. The summed E-state index contributed by atoms with van der Waals surface area (Å²) in [6.45, 7) is 0. The van der Waals surface area contributed by atoms with Gasteiger partial charge in [0.15, 0.2) is 5.82 Å². The average molecular weight is 397 g/mol. The van der Waals surface area contributed by atoms with Gasteiger partial charge < -0.3 is 4.74 Å². The van der Waals surface area contributed by atoms with Crippen LogP contribution in [-0.4, -0.2) is 17.1 Å². The molecule has 5 heteroatoms. The molecule has 0 saturated carbocycles. The number of methoxy groups -OCH3 is 1. The largest absolute Gasteiger partial charge is 0.497 e. The molecule has 0 aliphatic rings. The van der Waals surface area contributed by atoms with Gasteiger partial charge in [0, 0.05) is 11.8 Å². The predicted octanol–water partition coefficient (Wildman–Crippen LogP) is 4.56. The Morgan fingerprint density at radius 3 is 2.60 bits per heavy atom. The summed E-state index contributed by atoms with van der Waals surface area (Å²) < 4.78 is 6.07. The number of nitrogens with zero attached hydrogens (tertiary/aromatic N) is 2. The number of ether oxygens (including phenoxy) is 1. The van der Waals surface area contributed by atoms with E-state index in [0.717, 1.165) is 25.7 Å². The number of rotatable bonds is 2. The molecule has 0 fully saturated rings. The number of benzene rings is 2. The molecule has 20 heavy (non-hydrogen) atoms. The first kappa shape index (κ1) is 13.6. The Labute approximate surface area is 135 Å². The maximum absolute atomic E-state index is 6.05. The molecular formula is C15H10ClIN2O. The minimum absolute atomic E-state index is 0.477. The van der Waals surface area contributed by atoms with Crippen molar-refractivity contribution < 1.29 is 4.74 Å². The molecule has 3 aromatic rings. The summed E-state index contributed by atoms with van der Waals surface area (Å²) in [5, 5.41) is 2.71. The van der Waals surface area contributed by atoms with E-state index in [1.807, 2.05) is 36.4 Å². The number of fused-ring (bicyclic) bond motifs is 1. The van der Waals surface area contributed by atoms with Crippen molar-refractivity contribution in [3.63, 3.8) is 0 Å². The van der Waals surface area contributed by atoms with Crippen LogP contribution in [0.25, 0.3) is 22.2 Å². The van der Waals surface area contributed by atoms with Gasteiger partial charge in [0.25, 0.3) is 0 Å². The summed E-state index contributed by atoms with van der Waals surface area (Å²) >= 11 is 8.16. The second kappa shape index (κ2) is 5.54. The molecule has 0 atom stereocenters. The molecule has 0 bridgehead atoms. The van der Waals surface area contributed by atoms with Gasteiger partial charge in [0.2, 0.25) is 0 Å². The van der Waals surface area contributed by atoms with Crippen LogP contribution < -0.4 is 4.74 Å². The first-order valence-electron chi connectivity index (χ1n) is 5.93. The molecule has 2 aromatic carbocycles. The Balaban J connectivity index is 2.10. The molecule has 100 valence electrons. The maximum atomic E-state index is 6.05. The van der Waals surface area contributed by atoms with Crippen LogP contribution in [0.5, 0.6) is 5.75 Å². The summed E-state index contributed by atoms with van der Waals surface area (Å²) in [5.74, 6) is 1.48. The van der Waals surface area contributed by atoms with Crippen molar-refractivity contribution in [2.45, 2.75) is 0 Å². The minimum Gasteiger partial charge on any atom is -0.497 e. The third-order valence-electron chi connectivity index (χ3n) is 3.01. The van der Waals surface area contributed by atoms with E-state index in [1.54, 1.807) is 13.3 Å². The average Bonchev–Trinajstić information content (AvgIpc) is 2.49. The van der Waals surface area contributed by atoms with Gasteiger partial charge in [0.05, 0.1) is 10.7 Å². The highest BCUT2D eigenvalue weighted by molar-refractivity contribution is 14.1. The van der Waals surface area contributed by atoms with Crippen molar-refractivity contribution >= 4 is 45.0 Å².